The average molecular weight is 226 g/mol. The molecule has 0 aromatic carbocycles. The van der Waals surface area contributed by atoms with Crippen LogP contribution in [0.4, 0.5) is 0 Å². The number of halogens is 2. The van der Waals surface area contributed by atoms with Crippen LogP contribution in [0, 0.1) is 13.8 Å². The Morgan fingerprint density at radius 3 is 2.38 bits per heavy atom. The van der Waals surface area contributed by atoms with E-state index in [2.05, 4.69) is 16.5 Å². The van der Waals surface area contributed by atoms with Crippen molar-refractivity contribution in [3.8, 4) is 0 Å². The standard InChI is InChI=1S/C8H15N3.2ClH/c1-7-6-10-8(2)11(7)5-3-4-9;;/h6H,3-5,9H2,1-2H3;2*1H. The van der Waals surface area contributed by atoms with E-state index in [1.165, 1.54) is 5.69 Å². The third-order valence-electron chi connectivity index (χ3n) is 1.84. The van der Waals surface area contributed by atoms with Crippen LogP contribution in [-0.2, 0) is 6.54 Å². The first-order valence-corrected chi connectivity index (χ1v) is 3.94. The van der Waals surface area contributed by atoms with E-state index in [1.807, 2.05) is 13.1 Å². The summed E-state index contributed by atoms with van der Waals surface area (Å²) in [6.45, 7) is 5.82. The Morgan fingerprint density at radius 2 is 2.00 bits per heavy atom. The molecular weight excluding hydrogens is 209 g/mol. The van der Waals surface area contributed by atoms with Crippen LogP contribution in [0.15, 0.2) is 6.20 Å². The zero-order valence-corrected chi connectivity index (χ0v) is 9.62. The summed E-state index contributed by atoms with van der Waals surface area (Å²) in [4.78, 5) is 4.19. The Labute approximate surface area is 91.5 Å². The van der Waals surface area contributed by atoms with Crippen molar-refractivity contribution in [3.63, 3.8) is 0 Å². The van der Waals surface area contributed by atoms with Crippen LogP contribution in [0.5, 0.6) is 0 Å². The highest BCUT2D eigenvalue weighted by atomic mass is 35.5. The molecule has 0 aliphatic carbocycles. The van der Waals surface area contributed by atoms with E-state index in [4.69, 9.17) is 5.73 Å². The van der Waals surface area contributed by atoms with E-state index in [1.54, 1.807) is 0 Å². The van der Waals surface area contributed by atoms with Crippen molar-refractivity contribution in [1.29, 1.82) is 0 Å². The van der Waals surface area contributed by atoms with E-state index in [-0.39, 0.29) is 24.8 Å². The summed E-state index contributed by atoms with van der Waals surface area (Å²) in [6.07, 6.45) is 2.92. The average Bonchev–Trinajstić information content (AvgIpc) is 2.29. The van der Waals surface area contributed by atoms with Crippen molar-refractivity contribution in [1.82, 2.24) is 9.55 Å². The Balaban J connectivity index is 0. The third-order valence-corrected chi connectivity index (χ3v) is 1.84. The van der Waals surface area contributed by atoms with Gasteiger partial charge in [-0.2, -0.15) is 0 Å². The van der Waals surface area contributed by atoms with Crippen LogP contribution >= 0.6 is 24.8 Å². The molecule has 0 saturated carbocycles. The highest BCUT2D eigenvalue weighted by molar-refractivity contribution is 5.85. The molecule has 0 aliphatic heterocycles. The molecule has 0 amide bonds. The van der Waals surface area contributed by atoms with Gasteiger partial charge >= 0.3 is 0 Å². The van der Waals surface area contributed by atoms with Gasteiger partial charge in [0.15, 0.2) is 0 Å². The monoisotopic (exact) mass is 225 g/mol. The molecule has 0 fully saturated rings. The first kappa shape index (κ1) is 15.2. The Bertz CT molecular complexity index is 216. The second kappa shape index (κ2) is 7.18. The zero-order chi connectivity index (χ0) is 8.27. The lowest BCUT2D eigenvalue weighted by Crippen LogP contribution is -2.08. The highest BCUT2D eigenvalue weighted by Crippen LogP contribution is 2.03. The molecule has 0 unspecified atom stereocenters. The van der Waals surface area contributed by atoms with Crippen LogP contribution in [0.2, 0.25) is 0 Å². The molecule has 78 valence electrons. The number of hydrogen-bond donors (Lipinski definition) is 1. The van der Waals surface area contributed by atoms with E-state index in [0.717, 1.165) is 25.3 Å². The Morgan fingerprint density at radius 1 is 1.38 bits per heavy atom. The molecule has 0 radical (unpaired) electrons. The summed E-state index contributed by atoms with van der Waals surface area (Å²) >= 11 is 0. The normalized spacial score (nSPS) is 8.85. The number of nitrogens with zero attached hydrogens (tertiary/aromatic N) is 2. The predicted molar refractivity (Wildman–Crippen MR) is 59.9 cm³/mol. The second-order valence-electron chi connectivity index (χ2n) is 2.74. The van der Waals surface area contributed by atoms with E-state index in [9.17, 15) is 0 Å². The van der Waals surface area contributed by atoms with Gasteiger partial charge in [0.2, 0.25) is 0 Å². The van der Waals surface area contributed by atoms with Crippen LogP contribution in [0.1, 0.15) is 17.9 Å². The van der Waals surface area contributed by atoms with Gasteiger partial charge in [0.25, 0.3) is 0 Å². The molecule has 0 atom stereocenters. The topological polar surface area (TPSA) is 43.8 Å². The molecule has 3 nitrogen and oxygen atoms in total. The lowest BCUT2D eigenvalue weighted by atomic mass is 10.4. The number of aromatic nitrogens is 2. The number of aryl methyl sites for hydroxylation is 2. The molecule has 0 aliphatic rings. The smallest absolute Gasteiger partial charge is 0.105 e. The van der Waals surface area contributed by atoms with Gasteiger partial charge in [-0.1, -0.05) is 0 Å². The highest BCUT2D eigenvalue weighted by Gasteiger charge is 1.99. The van der Waals surface area contributed by atoms with Crippen LogP contribution in [-0.4, -0.2) is 16.1 Å². The third kappa shape index (κ3) is 3.98. The summed E-state index contributed by atoms with van der Waals surface area (Å²) in [6, 6.07) is 0. The molecule has 1 aromatic heterocycles. The van der Waals surface area contributed by atoms with Gasteiger partial charge in [-0.25, -0.2) is 4.98 Å². The fourth-order valence-electron chi connectivity index (χ4n) is 1.17. The molecule has 0 saturated heterocycles. The van der Waals surface area contributed by atoms with Crippen LogP contribution in [0.25, 0.3) is 0 Å². The van der Waals surface area contributed by atoms with Crippen molar-refractivity contribution in [2.75, 3.05) is 6.54 Å². The number of hydrogen-bond acceptors (Lipinski definition) is 2. The number of nitrogens with two attached hydrogens (primary N) is 1. The summed E-state index contributed by atoms with van der Waals surface area (Å²) in [5.41, 5.74) is 6.63. The van der Waals surface area contributed by atoms with Crippen LogP contribution in [0.3, 0.4) is 0 Å². The first-order valence-electron chi connectivity index (χ1n) is 3.94. The molecule has 1 heterocycles. The second-order valence-corrected chi connectivity index (χ2v) is 2.74. The lowest BCUT2D eigenvalue weighted by molar-refractivity contribution is 0.620. The molecule has 1 rings (SSSR count). The fraction of sp³-hybridized carbons (Fsp3) is 0.625. The minimum atomic E-state index is 0. The molecule has 0 spiro atoms. The number of rotatable bonds is 3. The predicted octanol–water partition coefficient (Wildman–Crippen LogP) is 1.69. The summed E-state index contributed by atoms with van der Waals surface area (Å²) in [7, 11) is 0. The molecular formula is C8H17Cl2N3. The van der Waals surface area contributed by atoms with Gasteiger partial charge in [-0.15, -0.1) is 24.8 Å². The van der Waals surface area contributed by atoms with E-state index >= 15 is 0 Å². The Hall–Kier alpha value is -0.250. The van der Waals surface area contributed by atoms with Gasteiger partial charge in [-0.05, 0) is 26.8 Å². The van der Waals surface area contributed by atoms with Gasteiger partial charge in [0.05, 0.1) is 0 Å². The summed E-state index contributed by atoms with van der Waals surface area (Å²) in [5, 5.41) is 0. The van der Waals surface area contributed by atoms with Crippen molar-refractivity contribution in [2.45, 2.75) is 26.8 Å². The van der Waals surface area contributed by atoms with E-state index < -0.39 is 0 Å². The Kier molecular flexibility index (Phi) is 8.42. The van der Waals surface area contributed by atoms with Crippen molar-refractivity contribution >= 4 is 24.8 Å². The zero-order valence-electron chi connectivity index (χ0n) is 7.99. The van der Waals surface area contributed by atoms with Gasteiger partial charge < -0.3 is 10.3 Å². The maximum atomic E-state index is 5.41. The maximum Gasteiger partial charge on any atom is 0.105 e. The van der Waals surface area contributed by atoms with Crippen molar-refractivity contribution < 1.29 is 0 Å². The quantitative estimate of drug-likeness (QED) is 0.852. The van der Waals surface area contributed by atoms with Gasteiger partial charge in [0, 0.05) is 18.4 Å². The fourth-order valence-corrected chi connectivity index (χ4v) is 1.17. The molecule has 13 heavy (non-hydrogen) atoms. The van der Waals surface area contributed by atoms with Crippen LogP contribution < -0.4 is 5.73 Å². The lowest BCUT2D eigenvalue weighted by Gasteiger charge is -2.05. The van der Waals surface area contributed by atoms with Crippen molar-refractivity contribution in [2.24, 2.45) is 5.73 Å². The molecule has 0 bridgehead atoms. The SMILES string of the molecule is Cc1cnc(C)n1CCCN.Cl.Cl. The first-order chi connectivity index (χ1) is 5.25. The number of imidazole rings is 1. The largest absolute Gasteiger partial charge is 0.333 e. The van der Waals surface area contributed by atoms with E-state index in [0.29, 0.717) is 0 Å². The summed E-state index contributed by atoms with van der Waals surface area (Å²) < 4.78 is 2.19. The van der Waals surface area contributed by atoms with Gasteiger partial charge in [-0.3, -0.25) is 0 Å². The van der Waals surface area contributed by atoms with Crippen molar-refractivity contribution in [3.05, 3.63) is 17.7 Å². The molecule has 1 aromatic rings. The summed E-state index contributed by atoms with van der Waals surface area (Å²) in [5.74, 6) is 1.08. The molecule has 2 N–H and O–H groups in total. The minimum Gasteiger partial charge on any atom is -0.333 e. The maximum absolute atomic E-state index is 5.41. The van der Waals surface area contributed by atoms with Gasteiger partial charge in [0.1, 0.15) is 5.82 Å². The minimum absolute atomic E-state index is 0. The molecule has 5 heteroatoms.